The Labute approximate surface area is 89.7 Å². The van der Waals surface area contributed by atoms with Gasteiger partial charge in [-0.25, -0.2) is 0 Å². The molecule has 60 valence electrons. The van der Waals surface area contributed by atoms with E-state index in [0.717, 1.165) is 9.12 Å². The van der Waals surface area contributed by atoms with Gasteiger partial charge in [-0.1, -0.05) is 0 Å². The maximum atomic E-state index is 5.43. The second-order valence-electron chi connectivity index (χ2n) is 3.10. The van der Waals surface area contributed by atoms with Gasteiger partial charge in [-0.15, -0.1) is 0 Å². The summed E-state index contributed by atoms with van der Waals surface area (Å²) >= 11 is 9.03. The molecule has 0 saturated heterocycles. The molecule has 0 radical (unpaired) electrons. The van der Waals surface area contributed by atoms with Gasteiger partial charge in [0.25, 0.3) is 0 Å². The van der Waals surface area contributed by atoms with Gasteiger partial charge >= 0.3 is 90.9 Å². The SMILES string of the molecule is [CH3][SnH]([CH3])[BH]Cl.[CH3][SnH]([CH3])[BH]Cl. The van der Waals surface area contributed by atoms with Crippen molar-refractivity contribution in [3.63, 3.8) is 0 Å². The zero-order valence-electron chi connectivity index (χ0n) is 7.32. The van der Waals surface area contributed by atoms with Crippen molar-refractivity contribution in [2.75, 3.05) is 0 Å². The Morgan fingerprint density at radius 2 is 0.900 bits per heavy atom. The Hall–Kier alpha value is 2.31. The number of hydrogen-bond acceptors (Lipinski definition) is 0. The molecule has 0 unspecified atom stereocenters. The fraction of sp³-hybridized carbons (Fsp3) is 1.00. The summed E-state index contributed by atoms with van der Waals surface area (Å²) in [6.45, 7) is 0. The molecule has 0 amide bonds. The van der Waals surface area contributed by atoms with Crippen LogP contribution in [0.2, 0.25) is 19.8 Å². The van der Waals surface area contributed by atoms with E-state index in [0.29, 0.717) is 0 Å². The quantitative estimate of drug-likeness (QED) is 0.617. The van der Waals surface area contributed by atoms with Gasteiger partial charge in [-0.05, 0) is 0 Å². The molecule has 0 fully saturated rings. The topological polar surface area (TPSA) is 0 Å². The Morgan fingerprint density at radius 3 is 0.900 bits per heavy atom. The Bertz CT molecular complexity index is 55.2. The van der Waals surface area contributed by atoms with Crippen LogP contribution in [0, 0.1) is 0 Å². The van der Waals surface area contributed by atoms with Crippen molar-refractivity contribution >= 4 is 71.1 Å². The molecule has 0 aliphatic rings. The summed E-state index contributed by atoms with van der Waals surface area (Å²) < 4.78 is 1.98. The molecule has 0 nitrogen and oxygen atoms in total. The van der Waals surface area contributed by atoms with Crippen LogP contribution in [0.4, 0.5) is 0 Å². The van der Waals surface area contributed by atoms with Crippen LogP contribution < -0.4 is 0 Å². The summed E-state index contributed by atoms with van der Waals surface area (Å²) in [6.07, 6.45) is 0. The second kappa shape index (κ2) is 11.3. The van der Waals surface area contributed by atoms with Crippen molar-refractivity contribution in [2.24, 2.45) is 0 Å². The van der Waals surface area contributed by atoms with E-state index in [-0.39, 0.29) is 0 Å². The monoisotopic (exact) mass is 396 g/mol. The molecule has 0 N–H and O–H groups in total. The van der Waals surface area contributed by atoms with Gasteiger partial charge in [-0.2, -0.15) is 0 Å². The first kappa shape index (κ1) is 14.8. The minimum absolute atomic E-state index is 0.914. The van der Waals surface area contributed by atoms with E-state index in [4.69, 9.17) is 22.9 Å². The molecule has 6 heteroatoms. The Balaban J connectivity index is 0. The third kappa shape index (κ3) is 22.4. The van der Waals surface area contributed by atoms with Gasteiger partial charge in [0.15, 0.2) is 0 Å². The summed E-state index contributed by atoms with van der Waals surface area (Å²) in [5.74, 6) is 0. The van der Waals surface area contributed by atoms with Crippen LogP contribution in [-0.4, -0.2) is 48.2 Å². The van der Waals surface area contributed by atoms with Gasteiger partial charge in [0.1, 0.15) is 0 Å². The van der Waals surface area contributed by atoms with Crippen LogP contribution in [0.1, 0.15) is 0 Å². The average Bonchev–Trinajstić information content (AvgIpc) is 1.89. The molecule has 0 rings (SSSR count). The van der Waals surface area contributed by atoms with Crippen LogP contribution >= 0.6 is 22.9 Å². The third-order valence-corrected chi connectivity index (χ3v) is 12.4. The van der Waals surface area contributed by atoms with Crippen molar-refractivity contribution in [1.82, 2.24) is 0 Å². The maximum absolute atomic E-state index is 5.43. The van der Waals surface area contributed by atoms with E-state index in [1.54, 1.807) is 0 Å². The molecule has 0 atom stereocenters. The van der Waals surface area contributed by atoms with Crippen LogP contribution in [0.3, 0.4) is 0 Å². The van der Waals surface area contributed by atoms with Gasteiger partial charge in [0.05, 0.1) is 0 Å². The summed E-state index contributed by atoms with van der Waals surface area (Å²) in [6, 6.07) is 0. The molecule has 10 heavy (non-hydrogen) atoms. The van der Waals surface area contributed by atoms with Crippen molar-refractivity contribution in [1.29, 1.82) is 0 Å². The standard InChI is InChI=1S/4CH3.2BClH.2Sn.2H/c;;;;2*1-2;;;;/h4*1H3;2*1H;;;;/q;;;;2*+1;2*-1;;. The average molecular weight is 394 g/mol. The van der Waals surface area contributed by atoms with E-state index in [9.17, 15) is 0 Å². The predicted molar refractivity (Wildman–Crippen MR) is 63.8 cm³/mol. The zero-order chi connectivity index (χ0) is 8.57. The van der Waals surface area contributed by atoms with E-state index in [1.165, 1.54) is 0 Å². The molecule has 0 spiro atoms. The van der Waals surface area contributed by atoms with E-state index >= 15 is 0 Å². The van der Waals surface area contributed by atoms with Crippen LogP contribution in [-0.2, 0) is 0 Å². The van der Waals surface area contributed by atoms with Crippen LogP contribution in [0.15, 0.2) is 0 Å². The van der Waals surface area contributed by atoms with E-state index < -0.39 is 39.1 Å². The van der Waals surface area contributed by atoms with Crippen molar-refractivity contribution in [2.45, 2.75) is 19.8 Å². The first-order chi connectivity index (χ1) is 4.54. The predicted octanol–water partition coefficient (Wildman–Crippen LogP) is 1.12. The number of rotatable bonds is 2. The summed E-state index contributed by atoms with van der Waals surface area (Å²) in [4.78, 5) is 9.20. The molecule has 0 aromatic rings. The summed E-state index contributed by atoms with van der Waals surface area (Å²) in [5, 5.41) is 0. The van der Waals surface area contributed by atoms with Crippen molar-refractivity contribution in [3.05, 3.63) is 0 Å². The van der Waals surface area contributed by atoms with Gasteiger partial charge in [0, 0.05) is 0 Å². The third-order valence-electron chi connectivity index (χ3n) is 0.617. The molecule has 0 heterocycles. The van der Waals surface area contributed by atoms with E-state index in [2.05, 4.69) is 19.8 Å². The van der Waals surface area contributed by atoms with Gasteiger partial charge in [-0.3, -0.25) is 0 Å². The Morgan fingerprint density at radius 1 is 0.800 bits per heavy atom. The molecule has 0 aromatic carbocycles. The van der Waals surface area contributed by atoms with Gasteiger partial charge in [0.2, 0.25) is 0 Å². The number of hydrogen-bond donors (Lipinski definition) is 0. The molecule has 0 bridgehead atoms. The molecule has 0 aliphatic heterocycles. The van der Waals surface area contributed by atoms with Gasteiger partial charge < -0.3 is 0 Å². The molecule has 0 aliphatic carbocycles. The zero-order valence-corrected chi connectivity index (χ0v) is 15.4. The fourth-order valence-corrected chi connectivity index (χ4v) is 0. The molecular weight excluding hydrogens is 378 g/mol. The molecular formula is C4H16B2Cl2Sn2. The normalized spacial score (nSPS) is 8.80. The first-order valence-corrected chi connectivity index (χ1v) is 22.6. The Kier molecular flexibility index (Phi) is 16.7. The van der Waals surface area contributed by atoms with E-state index in [1.807, 2.05) is 0 Å². The van der Waals surface area contributed by atoms with Crippen LogP contribution in [0.5, 0.6) is 0 Å². The fourth-order valence-electron chi connectivity index (χ4n) is 0. The van der Waals surface area contributed by atoms with Crippen LogP contribution in [0.25, 0.3) is 0 Å². The second-order valence-corrected chi connectivity index (χ2v) is 24.9. The number of halogens is 2. The van der Waals surface area contributed by atoms with Crippen molar-refractivity contribution < 1.29 is 0 Å². The molecule has 0 aromatic heterocycles. The minimum atomic E-state index is -0.914. The summed E-state index contributed by atoms with van der Waals surface area (Å²) in [5.41, 5.74) is 0. The molecule has 0 saturated carbocycles. The summed E-state index contributed by atoms with van der Waals surface area (Å²) in [7, 11) is 0. The van der Waals surface area contributed by atoms with Crippen molar-refractivity contribution in [3.8, 4) is 0 Å². The first-order valence-electron chi connectivity index (χ1n) is 3.66.